The molecule has 2 rings (SSSR count). The number of amides is 2. The molecule has 1 aliphatic rings. The summed E-state index contributed by atoms with van der Waals surface area (Å²) < 4.78 is 0. The number of hydrogen-bond acceptors (Lipinski definition) is 3. The van der Waals surface area contributed by atoms with Crippen LogP contribution in [0.15, 0.2) is 24.3 Å². The first kappa shape index (κ1) is 15.8. The Hall–Kier alpha value is -1.59. The van der Waals surface area contributed by atoms with Crippen LogP contribution >= 0.6 is 11.6 Å². The van der Waals surface area contributed by atoms with Crippen LogP contribution in [0.2, 0.25) is 5.02 Å². The van der Waals surface area contributed by atoms with Crippen molar-refractivity contribution < 1.29 is 14.7 Å². The van der Waals surface area contributed by atoms with E-state index >= 15 is 0 Å². The summed E-state index contributed by atoms with van der Waals surface area (Å²) >= 11 is 6.03. The molecule has 0 radical (unpaired) electrons. The van der Waals surface area contributed by atoms with Crippen LogP contribution in [0, 0.1) is 0 Å². The topological polar surface area (TPSA) is 69.6 Å². The molecule has 5 nitrogen and oxygen atoms in total. The lowest BCUT2D eigenvalue weighted by atomic mass is 9.91. The van der Waals surface area contributed by atoms with E-state index in [0.29, 0.717) is 24.4 Å². The fourth-order valence-corrected chi connectivity index (χ4v) is 2.67. The minimum atomic E-state index is -1.52. The molecule has 2 amide bonds. The molecular weight excluding hydrogens is 292 g/mol. The number of aliphatic hydroxyl groups is 1. The molecule has 1 heterocycles. The zero-order valence-electron chi connectivity index (χ0n) is 11.9. The second kappa shape index (κ2) is 6.45. The third-order valence-electron chi connectivity index (χ3n) is 3.74. The van der Waals surface area contributed by atoms with Gasteiger partial charge in [0.25, 0.3) is 5.91 Å². The molecule has 0 aliphatic carbocycles. The van der Waals surface area contributed by atoms with Crippen molar-refractivity contribution in [2.24, 2.45) is 0 Å². The SMILES string of the molecule is CC(=O)N1CCC[C@](O)(C(=O)NCc2ccccc2Cl)C1. The van der Waals surface area contributed by atoms with E-state index in [1.165, 1.54) is 11.8 Å². The maximum absolute atomic E-state index is 12.2. The number of nitrogens with zero attached hydrogens (tertiary/aromatic N) is 1. The maximum Gasteiger partial charge on any atom is 0.254 e. The van der Waals surface area contributed by atoms with E-state index in [-0.39, 0.29) is 19.0 Å². The summed E-state index contributed by atoms with van der Waals surface area (Å²) in [6.45, 7) is 2.31. The molecule has 1 saturated heterocycles. The average Bonchev–Trinajstić information content (AvgIpc) is 2.46. The van der Waals surface area contributed by atoms with Gasteiger partial charge in [-0.25, -0.2) is 0 Å². The van der Waals surface area contributed by atoms with Gasteiger partial charge >= 0.3 is 0 Å². The fourth-order valence-electron chi connectivity index (χ4n) is 2.47. The fraction of sp³-hybridized carbons (Fsp3) is 0.467. The van der Waals surface area contributed by atoms with Crippen molar-refractivity contribution in [1.29, 1.82) is 0 Å². The standard InChI is InChI=1S/C15H19ClN2O3/c1-11(19)18-8-4-7-15(21,10-18)14(20)17-9-12-5-2-3-6-13(12)16/h2-3,5-6,21H,4,7-10H2,1H3,(H,17,20)/t15-/m1/s1. The van der Waals surface area contributed by atoms with E-state index in [9.17, 15) is 14.7 Å². The monoisotopic (exact) mass is 310 g/mol. The Balaban J connectivity index is 1.99. The van der Waals surface area contributed by atoms with E-state index in [0.717, 1.165) is 5.56 Å². The first-order chi connectivity index (χ1) is 9.92. The summed E-state index contributed by atoms with van der Waals surface area (Å²) in [7, 11) is 0. The van der Waals surface area contributed by atoms with E-state index in [4.69, 9.17) is 11.6 Å². The number of carbonyl (C=O) groups excluding carboxylic acids is 2. The first-order valence-corrected chi connectivity index (χ1v) is 7.30. The van der Waals surface area contributed by atoms with Gasteiger partial charge in [0.15, 0.2) is 5.60 Å². The van der Waals surface area contributed by atoms with E-state index in [1.54, 1.807) is 6.07 Å². The molecular formula is C15H19ClN2O3. The molecule has 114 valence electrons. The zero-order chi connectivity index (χ0) is 15.5. The Labute approximate surface area is 128 Å². The molecule has 1 aromatic carbocycles. The summed E-state index contributed by atoms with van der Waals surface area (Å²) in [6.07, 6.45) is 0.959. The van der Waals surface area contributed by atoms with E-state index in [2.05, 4.69) is 5.32 Å². The molecule has 0 spiro atoms. The molecule has 2 N–H and O–H groups in total. The van der Waals surface area contributed by atoms with Crippen molar-refractivity contribution in [3.8, 4) is 0 Å². The molecule has 0 saturated carbocycles. The number of likely N-dealkylation sites (tertiary alicyclic amines) is 1. The average molecular weight is 311 g/mol. The quantitative estimate of drug-likeness (QED) is 0.885. The summed E-state index contributed by atoms with van der Waals surface area (Å²) in [6, 6.07) is 7.21. The highest BCUT2D eigenvalue weighted by atomic mass is 35.5. The minimum absolute atomic E-state index is 0.0384. The second-order valence-corrected chi connectivity index (χ2v) is 5.76. The normalized spacial score (nSPS) is 22.0. The van der Waals surface area contributed by atoms with Gasteiger partial charge in [0.1, 0.15) is 0 Å². The third kappa shape index (κ3) is 3.74. The first-order valence-electron chi connectivity index (χ1n) is 6.92. The number of rotatable bonds is 3. The molecule has 1 atom stereocenters. The van der Waals surface area contributed by atoms with Gasteiger partial charge in [-0.3, -0.25) is 9.59 Å². The highest BCUT2D eigenvalue weighted by Gasteiger charge is 2.40. The molecule has 0 aromatic heterocycles. The molecule has 1 aliphatic heterocycles. The molecule has 1 aromatic rings. The number of carbonyl (C=O) groups is 2. The Morgan fingerprint density at radius 2 is 2.14 bits per heavy atom. The van der Waals surface area contributed by atoms with Crippen LogP contribution in [0.25, 0.3) is 0 Å². The second-order valence-electron chi connectivity index (χ2n) is 5.35. The minimum Gasteiger partial charge on any atom is -0.378 e. The highest BCUT2D eigenvalue weighted by Crippen LogP contribution is 2.22. The predicted octanol–water partition coefficient (Wildman–Crippen LogP) is 1.33. The number of β-amino-alcohol motifs (C(OH)–C–C–N with tert-alkyl or cyclic N) is 1. The smallest absolute Gasteiger partial charge is 0.254 e. The van der Waals surface area contributed by atoms with E-state index in [1.807, 2.05) is 18.2 Å². The van der Waals surface area contributed by atoms with Crippen LogP contribution in [0.1, 0.15) is 25.3 Å². The molecule has 21 heavy (non-hydrogen) atoms. The van der Waals surface area contributed by atoms with Gasteiger partial charge in [0, 0.05) is 25.0 Å². The van der Waals surface area contributed by atoms with Crippen LogP contribution in [-0.2, 0) is 16.1 Å². The molecule has 1 fully saturated rings. The Morgan fingerprint density at radius 1 is 1.43 bits per heavy atom. The molecule has 6 heteroatoms. The summed E-state index contributed by atoms with van der Waals surface area (Å²) in [5.74, 6) is -0.597. The number of halogens is 1. The van der Waals surface area contributed by atoms with Gasteiger partial charge in [-0.15, -0.1) is 0 Å². The van der Waals surface area contributed by atoms with Crippen molar-refractivity contribution in [2.45, 2.75) is 31.9 Å². The predicted molar refractivity (Wildman–Crippen MR) is 79.7 cm³/mol. The summed E-state index contributed by atoms with van der Waals surface area (Å²) in [4.78, 5) is 25.1. The Morgan fingerprint density at radius 3 is 2.81 bits per heavy atom. The number of piperidine rings is 1. The number of nitrogens with one attached hydrogen (secondary N) is 1. The van der Waals surface area contributed by atoms with Gasteiger partial charge < -0.3 is 15.3 Å². The van der Waals surface area contributed by atoms with Crippen molar-refractivity contribution >= 4 is 23.4 Å². The molecule has 0 bridgehead atoms. The van der Waals surface area contributed by atoms with Crippen LogP contribution in [-0.4, -0.2) is 40.5 Å². The number of hydrogen-bond donors (Lipinski definition) is 2. The number of benzene rings is 1. The van der Waals surface area contributed by atoms with Crippen LogP contribution in [0.3, 0.4) is 0 Å². The largest absolute Gasteiger partial charge is 0.378 e. The van der Waals surface area contributed by atoms with Crippen LogP contribution < -0.4 is 5.32 Å². The van der Waals surface area contributed by atoms with Gasteiger partial charge in [-0.05, 0) is 24.5 Å². The van der Waals surface area contributed by atoms with Gasteiger partial charge in [-0.2, -0.15) is 0 Å². The van der Waals surface area contributed by atoms with Gasteiger partial charge in [0.05, 0.1) is 6.54 Å². The lowest BCUT2D eigenvalue weighted by molar-refractivity contribution is -0.150. The van der Waals surface area contributed by atoms with Crippen molar-refractivity contribution in [2.75, 3.05) is 13.1 Å². The van der Waals surface area contributed by atoms with Crippen molar-refractivity contribution in [3.63, 3.8) is 0 Å². The summed E-state index contributed by atoms with van der Waals surface area (Å²) in [5.41, 5.74) is -0.735. The molecule has 0 unspecified atom stereocenters. The lowest BCUT2D eigenvalue weighted by Crippen LogP contribution is -2.57. The van der Waals surface area contributed by atoms with E-state index < -0.39 is 11.5 Å². The lowest BCUT2D eigenvalue weighted by Gasteiger charge is -2.37. The van der Waals surface area contributed by atoms with Crippen molar-refractivity contribution in [1.82, 2.24) is 10.2 Å². The Bertz CT molecular complexity index is 549. The summed E-state index contributed by atoms with van der Waals surface area (Å²) in [5, 5.41) is 13.7. The van der Waals surface area contributed by atoms with Crippen molar-refractivity contribution in [3.05, 3.63) is 34.9 Å². The van der Waals surface area contributed by atoms with Crippen LogP contribution in [0.4, 0.5) is 0 Å². The van der Waals surface area contributed by atoms with Crippen LogP contribution in [0.5, 0.6) is 0 Å². The third-order valence-corrected chi connectivity index (χ3v) is 4.10. The Kier molecular flexibility index (Phi) is 4.85. The highest BCUT2D eigenvalue weighted by molar-refractivity contribution is 6.31. The maximum atomic E-state index is 12.2. The van der Waals surface area contributed by atoms with Gasteiger partial charge in [0.2, 0.25) is 5.91 Å². The zero-order valence-corrected chi connectivity index (χ0v) is 12.7. The van der Waals surface area contributed by atoms with Gasteiger partial charge in [-0.1, -0.05) is 29.8 Å².